The van der Waals surface area contributed by atoms with Crippen LogP contribution < -0.4 is 5.73 Å². The van der Waals surface area contributed by atoms with E-state index in [2.05, 4.69) is 9.55 Å². The number of aryl methyl sites for hydroxylation is 1. The van der Waals surface area contributed by atoms with Gasteiger partial charge in [-0.1, -0.05) is 0 Å². The van der Waals surface area contributed by atoms with Crippen LogP contribution >= 0.6 is 11.3 Å². The first-order valence-corrected chi connectivity index (χ1v) is 9.91. The van der Waals surface area contributed by atoms with Gasteiger partial charge in [0.25, 0.3) is 5.91 Å². The monoisotopic (exact) mass is 382 g/mol. The Labute approximate surface area is 162 Å². The molecule has 2 N–H and O–H groups in total. The molecule has 27 heavy (non-hydrogen) atoms. The molecule has 0 spiro atoms. The molecule has 0 bridgehead atoms. The molecule has 140 valence electrons. The minimum absolute atomic E-state index is 0.162. The molecular weight excluding hydrogens is 360 g/mol. The maximum Gasteiger partial charge on any atom is 0.250 e. The van der Waals surface area contributed by atoms with Crippen LogP contribution in [0.25, 0.3) is 22.0 Å². The van der Waals surface area contributed by atoms with Gasteiger partial charge in [-0.3, -0.25) is 9.78 Å². The lowest BCUT2D eigenvalue weighted by molar-refractivity contribution is 0.0961. The Morgan fingerprint density at radius 3 is 2.93 bits per heavy atom. The predicted octanol–water partition coefficient (Wildman–Crippen LogP) is 3.57. The number of carbonyl (C=O) groups is 1. The smallest absolute Gasteiger partial charge is 0.250 e. The zero-order valence-corrected chi connectivity index (χ0v) is 16.3. The Kier molecular flexibility index (Phi) is 4.80. The lowest BCUT2D eigenvalue weighted by Gasteiger charge is -2.15. The standard InChI is InChI=1S/C20H22N4O2S/c1-12-5-6-14(9-22-12)20-23-17(11-27-20)18-8-16(19(21)25)13(2)24(18)10-15-4-3-7-26-15/h5-6,8-9,11,15H,3-4,7,10H2,1-2H3,(H2,21,25). The van der Waals surface area contributed by atoms with E-state index in [1.54, 1.807) is 11.3 Å². The van der Waals surface area contributed by atoms with Gasteiger partial charge in [0.2, 0.25) is 0 Å². The van der Waals surface area contributed by atoms with Crippen molar-refractivity contribution < 1.29 is 9.53 Å². The molecule has 7 heteroatoms. The van der Waals surface area contributed by atoms with Gasteiger partial charge in [0.05, 0.1) is 23.1 Å². The summed E-state index contributed by atoms with van der Waals surface area (Å²) in [6.45, 7) is 5.39. The van der Waals surface area contributed by atoms with Gasteiger partial charge in [-0.2, -0.15) is 0 Å². The van der Waals surface area contributed by atoms with Gasteiger partial charge in [-0.05, 0) is 44.9 Å². The van der Waals surface area contributed by atoms with Crippen molar-refractivity contribution in [1.29, 1.82) is 0 Å². The number of amides is 1. The molecule has 4 heterocycles. The molecule has 0 saturated carbocycles. The average Bonchev–Trinajstić information content (AvgIpc) is 3.38. The number of nitrogens with zero attached hydrogens (tertiary/aromatic N) is 3. The Bertz CT molecular complexity index is 969. The van der Waals surface area contributed by atoms with E-state index in [1.165, 1.54) is 0 Å². The van der Waals surface area contributed by atoms with Crippen LogP contribution in [0.15, 0.2) is 29.8 Å². The second-order valence-corrected chi connectivity index (χ2v) is 7.72. The zero-order valence-electron chi connectivity index (χ0n) is 15.4. The van der Waals surface area contributed by atoms with Crippen molar-refractivity contribution in [2.75, 3.05) is 6.61 Å². The van der Waals surface area contributed by atoms with E-state index in [9.17, 15) is 4.79 Å². The number of aromatic nitrogens is 3. The van der Waals surface area contributed by atoms with E-state index >= 15 is 0 Å². The molecule has 4 rings (SSSR count). The number of carbonyl (C=O) groups excluding carboxylic acids is 1. The minimum Gasteiger partial charge on any atom is -0.376 e. The SMILES string of the molecule is Cc1ccc(-c2nc(-c3cc(C(N)=O)c(C)n3CC3CCCO3)cs2)cn1. The number of ether oxygens (including phenoxy) is 1. The Morgan fingerprint density at radius 2 is 2.26 bits per heavy atom. The highest BCUT2D eigenvalue weighted by molar-refractivity contribution is 7.13. The lowest BCUT2D eigenvalue weighted by atomic mass is 10.2. The Balaban J connectivity index is 1.73. The van der Waals surface area contributed by atoms with E-state index in [4.69, 9.17) is 15.5 Å². The van der Waals surface area contributed by atoms with Gasteiger partial charge in [0.15, 0.2) is 0 Å². The van der Waals surface area contributed by atoms with Gasteiger partial charge in [0, 0.05) is 41.7 Å². The van der Waals surface area contributed by atoms with E-state index in [0.29, 0.717) is 12.1 Å². The molecule has 0 aliphatic carbocycles. The number of hydrogen-bond donors (Lipinski definition) is 1. The Morgan fingerprint density at radius 1 is 1.41 bits per heavy atom. The third-order valence-corrected chi connectivity index (χ3v) is 5.86. The predicted molar refractivity (Wildman–Crippen MR) is 106 cm³/mol. The van der Waals surface area contributed by atoms with Crippen molar-refractivity contribution in [3.8, 4) is 22.0 Å². The third kappa shape index (κ3) is 3.52. The van der Waals surface area contributed by atoms with Crippen LogP contribution in [0.3, 0.4) is 0 Å². The van der Waals surface area contributed by atoms with Crippen molar-refractivity contribution in [2.45, 2.75) is 39.3 Å². The van der Waals surface area contributed by atoms with Gasteiger partial charge >= 0.3 is 0 Å². The largest absolute Gasteiger partial charge is 0.376 e. The van der Waals surface area contributed by atoms with Gasteiger partial charge < -0.3 is 15.0 Å². The first kappa shape index (κ1) is 17.9. The van der Waals surface area contributed by atoms with Crippen LogP contribution in [-0.4, -0.2) is 33.2 Å². The van der Waals surface area contributed by atoms with Crippen LogP contribution in [0.2, 0.25) is 0 Å². The Hall–Kier alpha value is -2.51. The number of nitrogens with two attached hydrogens (primary N) is 1. The second-order valence-electron chi connectivity index (χ2n) is 6.86. The van der Waals surface area contributed by atoms with Crippen LogP contribution in [-0.2, 0) is 11.3 Å². The van der Waals surface area contributed by atoms with Crippen molar-refractivity contribution in [2.24, 2.45) is 5.73 Å². The third-order valence-electron chi connectivity index (χ3n) is 4.97. The van der Waals surface area contributed by atoms with Gasteiger partial charge in [-0.15, -0.1) is 11.3 Å². The van der Waals surface area contributed by atoms with Crippen LogP contribution in [0.1, 0.15) is 34.6 Å². The summed E-state index contributed by atoms with van der Waals surface area (Å²) in [6.07, 6.45) is 4.10. The molecular formula is C20H22N4O2S. The number of pyridine rings is 1. The molecule has 1 aliphatic rings. The fourth-order valence-electron chi connectivity index (χ4n) is 3.45. The molecule has 1 fully saturated rings. The maximum atomic E-state index is 11.9. The molecule has 3 aromatic heterocycles. The number of rotatable bonds is 5. The van der Waals surface area contributed by atoms with E-state index in [-0.39, 0.29) is 6.10 Å². The molecule has 1 saturated heterocycles. The minimum atomic E-state index is -0.418. The second kappa shape index (κ2) is 7.25. The fourth-order valence-corrected chi connectivity index (χ4v) is 4.26. The summed E-state index contributed by atoms with van der Waals surface area (Å²) in [5, 5.41) is 2.92. The van der Waals surface area contributed by atoms with E-state index < -0.39 is 5.91 Å². The lowest BCUT2D eigenvalue weighted by Crippen LogP contribution is -2.18. The first-order chi connectivity index (χ1) is 13.0. The summed E-state index contributed by atoms with van der Waals surface area (Å²) in [6, 6.07) is 5.85. The average molecular weight is 382 g/mol. The number of primary amides is 1. The maximum absolute atomic E-state index is 11.9. The highest BCUT2D eigenvalue weighted by Gasteiger charge is 2.23. The summed E-state index contributed by atoms with van der Waals surface area (Å²) in [7, 11) is 0. The summed E-state index contributed by atoms with van der Waals surface area (Å²) in [4.78, 5) is 21.0. The molecule has 3 aromatic rings. The summed E-state index contributed by atoms with van der Waals surface area (Å²) in [5.41, 5.74) is 10.7. The fraction of sp³-hybridized carbons (Fsp3) is 0.350. The molecule has 6 nitrogen and oxygen atoms in total. The molecule has 1 atom stereocenters. The first-order valence-electron chi connectivity index (χ1n) is 9.03. The molecule has 1 aliphatic heterocycles. The number of hydrogen-bond acceptors (Lipinski definition) is 5. The quantitative estimate of drug-likeness (QED) is 0.731. The molecule has 1 unspecified atom stereocenters. The summed E-state index contributed by atoms with van der Waals surface area (Å²) >= 11 is 1.57. The molecule has 0 radical (unpaired) electrons. The summed E-state index contributed by atoms with van der Waals surface area (Å²) in [5.74, 6) is -0.418. The topological polar surface area (TPSA) is 83.0 Å². The zero-order chi connectivity index (χ0) is 19.0. The van der Waals surface area contributed by atoms with E-state index in [1.807, 2.05) is 43.6 Å². The molecule has 1 amide bonds. The van der Waals surface area contributed by atoms with Crippen molar-refractivity contribution in [1.82, 2.24) is 14.5 Å². The van der Waals surface area contributed by atoms with Crippen molar-refractivity contribution in [3.05, 3.63) is 46.7 Å². The highest BCUT2D eigenvalue weighted by atomic mass is 32.1. The highest BCUT2D eigenvalue weighted by Crippen LogP contribution is 2.32. The number of thiazole rings is 1. The van der Waals surface area contributed by atoms with Gasteiger partial charge in [0.1, 0.15) is 5.01 Å². The van der Waals surface area contributed by atoms with E-state index in [0.717, 1.165) is 52.8 Å². The van der Waals surface area contributed by atoms with Crippen LogP contribution in [0, 0.1) is 13.8 Å². The summed E-state index contributed by atoms with van der Waals surface area (Å²) < 4.78 is 7.91. The van der Waals surface area contributed by atoms with Crippen LogP contribution in [0.5, 0.6) is 0 Å². The normalized spacial score (nSPS) is 16.7. The van der Waals surface area contributed by atoms with Gasteiger partial charge in [-0.25, -0.2) is 4.98 Å². The van der Waals surface area contributed by atoms with Crippen LogP contribution in [0.4, 0.5) is 0 Å². The van der Waals surface area contributed by atoms with Crippen molar-refractivity contribution >= 4 is 17.2 Å². The van der Waals surface area contributed by atoms with Crippen molar-refractivity contribution in [3.63, 3.8) is 0 Å². The molecule has 0 aromatic carbocycles.